The van der Waals surface area contributed by atoms with Crippen molar-refractivity contribution >= 4 is 28.5 Å². The molecule has 0 unspecified atom stereocenters. The third-order valence-electron chi connectivity index (χ3n) is 4.14. The lowest BCUT2D eigenvalue weighted by molar-refractivity contribution is 0.0759. The van der Waals surface area contributed by atoms with Gasteiger partial charge in [-0.2, -0.15) is 4.37 Å². The van der Waals surface area contributed by atoms with Crippen LogP contribution in [0.5, 0.6) is 0 Å². The molecule has 2 heterocycles. The number of carbonyl (C=O) groups excluding carboxylic acids is 1. The fraction of sp³-hybridized carbons (Fsp3) is 0.333. The zero-order valence-electron chi connectivity index (χ0n) is 14.7. The zero-order valence-corrected chi connectivity index (χ0v) is 15.5. The highest BCUT2D eigenvalue weighted by molar-refractivity contribution is 7.09. The van der Waals surface area contributed by atoms with E-state index in [1.807, 2.05) is 44.2 Å². The van der Waals surface area contributed by atoms with Crippen LogP contribution in [0.25, 0.3) is 11.0 Å². The Labute approximate surface area is 154 Å². The Morgan fingerprint density at radius 1 is 1.23 bits per heavy atom. The molecule has 0 aliphatic heterocycles. The largest absolute Gasteiger partial charge is 0.334 e. The molecule has 2 aromatic heterocycles. The molecule has 0 radical (unpaired) electrons. The van der Waals surface area contributed by atoms with Gasteiger partial charge in [-0.05, 0) is 30.4 Å². The van der Waals surface area contributed by atoms with E-state index < -0.39 is 11.2 Å². The van der Waals surface area contributed by atoms with E-state index in [1.54, 1.807) is 4.90 Å². The molecule has 26 heavy (non-hydrogen) atoms. The third kappa shape index (κ3) is 3.32. The second-order valence-corrected chi connectivity index (χ2v) is 6.70. The molecule has 0 aliphatic rings. The van der Waals surface area contributed by atoms with E-state index in [0.29, 0.717) is 26.1 Å². The van der Waals surface area contributed by atoms with Crippen LogP contribution in [0.2, 0.25) is 0 Å². The van der Waals surface area contributed by atoms with E-state index in [0.717, 1.165) is 21.7 Å². The Morgan fingerprint density at radius 3 is 2.62 bits per heavy atom. The fourth-order valence-electron chi connectivity index (χ4n) is 2.79. The summed E-state index contributed by atoms with van der Waals surface area (Å²) in [7, 11) is 0. The van der Waals surface area contributed by atoms with Crippen molar-refractivity contribution in [1.82, 2.24) is 18.8 Å². The van der Waals surface area contributed by atoms with Gasteiger partial charge < -0.3 is 9.88 Å². The molecule has 1 N–H and O–H groups in total. The van der Waals surface area contributed by atoms with Crippen molar-refractivity contribution in [3.8, 4) is 0 Å². The first kappa shape index (κ1) is 18.1. The number of hydrogen-bond donors (Lipinski definition) is 1. The molecule has 136 valence electrons. The van der Waals surface area contributed by atoms with Crippen LogP contribution >= 0.6 is 11.5 Å². The van der Waals surface area contributed by atoms with Gasteiger partial charge in [0.05, 0.1) is 5.52 Å². The number of benzene rings is 1. The summed E-state index contributed by atoms with van der Waals surface area (Å²) in [6, 6.07) is 9.66. The van der Waals surface area contributed by atoms with Crippen LogP contribution < -0.4 is 11.2 Å². The molecule has 0 atom stereocenters. The number of amides is 1. The van der Waals surface area contributed by atoms with Crippen LogP contribution in [0.15, 0.2) is 39.9 Å². The molecule has 0 saturated heterocycles. The number of fused-ring (bicyclic) bond motifs is 1. The SMILES string of the molecule is CCCn1c(=O)[nH]c2c(C(=O)N(CC)Cc3ccccc3)snc2c1=O. The molecule has 3 rings (SSSR count). The van der Waals surface area contributed by atoms with Crippen molar-refractivity contribution < 1.29 is 4.79 Å². The summed E-state index contributed by atoms with van der Waals surface area (Å²) in [5, 5.41) is 0. The zero-order chi connectivity index (χ0) is 18.7. The number of nitrogens with one attached hydrogen (secondary N) is 1. The highest BCUT2D eigenvalue weighted by Gasteiger charge is 2.23. The Morgan fingerprint density at radius 2 is 1.96 bits per heavy atom. The van der Waals surface area contributed by atoms with E-state index in [1.165, 1.54) is 0 Å². The van der Waals surface area contributed by atoms with Gasteiger partial charge in [-0.3, -0.25) is 14.2 Å². The first-order valence-corrected chi connectivity index (χ1v) is 9.29. The summed E-state index contributed by atoms with van der Waals surface area (Å²) in [6.45, 7) is 5.05. The summed E-state index contributed by atoms with van der Waals surface area (Å²) < 4.78 is 5.26. The average Bonchev–Trinajstić information content (AvgIpc) is 3.07. The van der Waals surface area contributed by atoms with Crippen molar-refractivity contribution in [3.05, 3.63) is 61.6 Å². The van der Waals surface area contributed by atoms with Gasteiger partial charge in [0.2, 0.25) is 0 Å². The lowest BCUT2D eigenvalue weighted by atomic mass is 10.2. The summed E-state index contributed by atoms with van der Waals surface area (Å²) in [6.07, 6.45) is 0.658. The Hall–Kier alpha value is -2.74. The van der Waals surface area contributed by atoms with Crippen molar-refractivity contribution in [3.63, 3.8) is 0 Å². The van der Waals surface area contributed by atoms with E-state index >= 15 is 0 Å². The smallest absolute Gasteiger partial charge is 0.328 e. The minimum absolute atomic E-state index is 0.141. The quantitative estimate of drug-likeness (QED) is 0.719. The number of carbonyl (C=O) groups is 1. The van der Waals surface area contributed by atoms with Gasteiger partial charge in [-0.15, -0.1) is 0 Å². The second kappa shape index (κ2) is 7.65. The van der Waals surface area contributed by atoms with Gasteiger partial charge in [-0.25, -0.2) is 4.79 Å². The lowest BCUT2D eigenvalue weighted by Crippen LogP contribution is -2.35. The summed E-state index contributed by atoms with van der Waals surface area (Å²) in [4.78, 5) is 42.2. The molecule has 0 fully saturated rings. The van der Waals surface area contributed by atoms with E-state index in [-0.39, 0.29) is 21.8 Å². The van der Waals surface area contributed by atoms with Gasteiger partial charge in [0.25, 0.3) is 11.5 Å². The molecule has 0 aliphatic carbocycles. The number of aromatic nitrogens is 3. The highest BCUT2D eigenvalue weighted by atomic mass is 32.1. The highest BCUT2D eigenvalue weighted by Crippen LogP contribution is 2.20. The molecule has 3 aromatic rings. The van der Waals surface area contributed by atoms with E-state index in [2.05, 4.69) is 9.36 Å². The Balaban J connectivity index is 2.00. The Bertz CT molecular complexity index is 1040. The van der Waals surface area contributed by atoms with Gasteiger partial charge in [0.15, 0.2) is 5.52 Å². The van der Waals surface area contributed by atoms with E-state index in [9.17, 15) is 14.4 Å². The van der Waals surface area contributed by atoms with Crippen LogP contribution in [0.4, 0.5) is 0 Å². The first-order valence-electron chi connectivity index (χ1n) is 8.52. The number of hydrogen-bond acceptors (Lipinski definition) is 5. The molecule has 8 heteroatoms. The maximum atomic E-state index is 13.0. The molecule has 1 aromatic carbocycles. The van der Waals surface area contributed by atoms with E-state index in [4.69, 9.17) is 0 Å². The van der Waals surface area contributed by atoms with Crippen LogP contribution in [0.3, 0.4) is 0 Å². The fourth-order valence-corrected chi connectivity index (χ4v) is 3.59. The minimum Gasteiger partial charge on any atom is -0.334 e. The standard InChI is InChI=1S/C18H20N4O3S/c1-3-10-22-16(23)14-13(19-18(22)25)15(26-20-14)17(24)21(4-2)11-12-8-6-5-7-9-12/h5-9H,3-4,10-11H2,1-2H3,(H,19,25). The number of nitrogens with zero attached hydrogens (tertiary/aromatic N) is 3. The third-order valence-corrected chi connectivity index (χ3v) is 4.98. The van der Waals surface area contributed by atoms with Crippen molar-refractivity contribution in [1.29, 1.82) is 0 Å². The van der Waals surface area contributed by atoms with Gasteiger partial charge >= 0.3 is 5.69 Å². The van der Waals surface area contributed by atoms with Crippen molar-refractivity contribution in [2.75, 3.05) is 6.54 Å². The molecular formula is C18H20N4O3S. The monoisotopic (exact) mass is 372 g/mol. The van der Waals surface area contributed by atoms with Gasteiger partial charge in [0.1, 0.15) is 4.88 Å². The first-order chi connectivity index (χ1) is 12.6. The number of rotatable bonds is 6. The van der Waals surface area contributed by atoms with Gasteiger partial charge in [0, 0.05) is 19.6 Å². The molecule has 0 spiro atoms. The predicted molar refractivity (Wildman–Crippen MR) is 102 cm³/mol. The van der Waals surface area contributed by atoms with Crippen molar-refractivity contribution in [2.24, 2.45) is 0 Å². The Kier molecular flexibility index (Phi) is 5.32. The summed E-state index contributed by atoms with van der Waals surface area (Å²) in [5.74, 6) is -0.243. The van der Waals surface area contributed by atoms with Crippen LogP contribution in [-0.2, 0) is 13.1 Å². The topological polar surface area (TPSA) is 88.1 Å². The van der Waals surface area contributed by atoms with Crippen LogP contribution in [-0.4, -0.2) is 31.3 Å². The number of H-pyrrole nitrogens is 1. The van der Waals surface area contributed by atoms with Crippen LogP contribution in [0, 0.1) is 0 Å². The molecule has 1 amide bonds. The predicted octanol–water partition coefficient (Wildman–Crippen LogP) is 2.22. The lowest BCUT2D eigenvalue weighted by Gasteiger charge is -2.20. The molecule has 7 nitrogen and oxygen atoms in total. The molecule has 0 saturated carbocycles. The maximum absolute atomic E-state index is 13.0. The maximum Gasteiger partial charge on any atom is 0.328 e. The normalized spacial score (nSPS) is 11.0. The molecule has 0 bridgehead atoms. The van der Waals surface area contributed by atoms with Crippen LogP contribution in [0.1, 0.15) is 35.5 Å². The average molecular weight is 372 g/mol. The van der Waals surface area contributed by atoms with Gasteiger partial charge in [-0.1, -0.05) is 37.3 Å². The number of aromatic amines is 1. The summed E-state index contributed by atoms with van der Waals surface area (Å²) >= 11 is 0.950. The van der Waals surface area contributed by atoms with Crippen molar-refractivity contribution in [2.45, 2.75) is 33.4 Å². The molecular weight excluding hydrogens is 352 g/mol. The summed E-state index contributed by atoms with van der Waals surface area (Å²) in [5.41, 5.74) is 0.420. The minimum atomic E-state index is -0.510. The second-order valence-electron chi connectivity index (χ2n) is 5.93.